The van der Waals surface area contributed by atoms with Crippen LogP contribution in [-0.2, 0) is 21.8 Å². The minimum Gasteiger partial charge on any atom is -0.373 e. The lowest BCUT2D eigenvalue weighted by atomic mass is 10.1. The molecule has 4 aromatic rings. The molecule has 0 bridgehead atoms. The smallest absolute Gasteiger partial charge is 0.279 e. The predicted octanol–water partition coefficient (Wildman–Crippen LogP) is 3.93. The maximum absolute atomic E-state index is 13.1. The molecule has 0 unspecified atom stereocenters. The summed E-state index contributed by atoms with van der Waals surface area (Å²) in [5.41, 5.74) is 1.37. The Balaban J connectivity index is 1.45. The van der Waals surface area contributed by atoms with Crippen LogP contribution in [0.25, 0.3) is 21.0 Å². The van der Waals surface area contributed by atoms with Crippen molar-refractivity contribution in [1.29, 1.82) is 0 Å². The van der Waals surface area contributed by atoms with E-state index in [0.717, 1.165) is 21.0 Å². The molecule has 0 N–H and O–H groups in total. The third-order valence-electron chi connectivity index (χ3n) is 6.01. The summed E-state index contributed by atoms with van der Waals surface area (Å²) in [5.74, 6) is -0.413. The molecule has 0 aliphatic carbocycles. The number of carbonyl (C=O) groups is 1. The lowest BCUT2D eigenvalue weighted by Crippen LogP contribution is -2.48. The second kappa shape index (κ2) is 8.74. The van der Waals surface area contributed by atoms with E-state index >= 15 is 0 Å². The average molecular weight is 496 g/mol. The minimum atomic E-state index is -3.66. The van der Waals surface area contributed by atoms with E-state index in [1.54, 1.807) is 0 Å². The summed E-state index contributed by atoms with van der Waals surface area (Å²) in [6.45, 7) is 4.33. The number of carbonyl (C=O) groups excluding carboxylic acids is 1. The van der Waals surface area contributed by atoms with E-state index in [9.17, 15) is 13.2 Å². The maximum Gasteiger partial charge on any atom is 0.279 e. The van der Waals surface area contributed by atoms with Gasteiger partial charge in [-0.1, -0.05) is 41.7 Å². The van der Waals surface area contributed by atoms with E-state index < -0.39 is 15.9 Å². The van der Waals surface area contributed by atoms with E-state index in [1.807, 2.05) is 43.7 Å². The van der Waals surface area contributed by atoms with Crippen molar-refractivity contribution in [2.75, 3.05) is 13.1 Å². The number of benzene rings is 3. The molecule has 1 fully saturated rings. The summed E-state index contributed by atoms with van der Waals surface area (Å²) in [6.07, 6.45) is -0.338. The van der Waals surface area contributed by atoms with Gasteiger partial charge in [-0.05, 0) is 49.6 Å². The van der Waals surface area contributed by atoms with Gasteiger partial charge >= 0.3 is 0 Å². The van der Waals surface area contributed by atoms with Gasteiger partial charge in [0.25, 0.3) is 5.91 Å². The monoisotopic (exact) mass is 495 g/mol. The van der Waals surface area contributed by atoms with Crippen molar-refractivity contribution in [3.05, 3.63) is 71.0 Å². The van der Waals surface area contributed by atoms with E-state index in [1.165, 1.54) is 39.9 Å². The first-order chi connectivity index (χ1) is 16.2. The van der Waals surface area contributed by atoms with Gasteiger partial charge in [-0.3, -0.25) is 4.79 Å². The molecule has 9 heteroatoms. The zero-order valence-electron chi connectivity index (χ0n) is 19.1. The zero-order chi connectivity index (χ0) is 24.0. The minimum absolute atomic E-state index is 0.157. The van der Waals surface area contributed by atoms with Gasteiger partial charge in [0.2, 0.25) is 10.0 Å². The highest BCUT2D eigenvalue weighted by atomic mass is 32.2. The molecule has 3 aromatic carbocycles. The van der Waals surface area contributed by atoms with Crippen LogP contribution in [0.2, 0.25) is 0 Å². The van der Waals surface area contributed by atoms with Crippen LogP contribution in [0.4, 0.5) is 0 Å². The van der Waals surface area contributed by atoms with Crippen molar-refractivity contribution in [3.8, 4) is 0 Å². The maximum atomic E-state index is 13.1. The SMILES string of the molecule is C[C@@H]1CN(S(=O)(=O)c2ccc(C(=O)N=c3sc4ccc5ccccc5c4n3C)cc2)C[C@@H](C)O1. The Kier molecular flexibility index (Phi) is 5.89. The number of hydrogen-bond acceptors (Lipinski definition) is 5. The number of sulfonamides is 1. The van der Waals surface area contributed by atoms with E-state index in [2.05, 4.69) is 23.2 Å². The molecule has 1 aromatic heterocycles. The highest BCUT2D eigenvalue weighted by molar-refractivity contribution is 7.89. The van der Waals surface area contributed by atoms with Crippen molar-refractivity contribution in [1.82, 2.24) is 8.87 Å². The van der Waals surface area contributed by atoms with Gasteiger partial charge in [0.1, 0.15) is 0 Å². The van der Waals surface area contributed by atoms with Gasteiger partial charge < -0.3 is 9.30 Å². The first kappa shape index (κ1) is 22.9. The Labute approximate surface area is 202 Å². The molecule has 176 valence electrons. The molecule has 1 amide bonds. The van der Waals surface area contributed by atoms with E-state index in [-0.39, 0.29) is 17.1 Å². The van der Waals surface area contributed by atoms with Crippen LogP contribution in [-0.4, -0.2) is 48.5 Å². The second-order valence-electron chi connectivity index (χ2n) is 8.60. The number of fused-ring (bicyclic) bond motifs is 3. The Hall–Kier alpha value is -2.85. The second-order valence-corrected chi connectivity index (χ2v) is 11.5. The van der Waals surface area contributed by atoms with Gasteiger partial charge in [0.05, 0.1) is 27.3 Å². The summed E-state index contributed by atoms with van der Waals surface area (Å²) >= 11 is 1.45. The lowest BCUT2D eigenvalue weighted by molar-refractivity contribution is -0.0440. The number of aryl methyl sites for hydroxylation is 1. The average Bonchev–Trinajstić information content (AvgIpc) is 3.14. The fourth-order valence-corrected chi connectivity index (χ4v) is 7.04. The number of thiazole rings is 1. The van der Waals surface area contributed by atoms with Gasteiger partial charge in [-0.25, -0.2) is 8.42 Å². The van der Waals surface area contributed by atoms with E-state index in [0.29, 0.717) is 23.5 Å². The van der Waals surface area contributed by atoms with Gasteiger partial charge in [-0.2, -0.15) is 9.30 Å². The topological polar surface area (TPSA) is 81.0 Å². The highest BCUT2D eigenvalue weighted by Crippen LogP contribution is 2.26. The molecule has 1 aliphatic rings. The Bertz CT molecular complexity index is 1560. The lowest BCUT2D eigenvalue weighted by Gasteiger charge is -2.34. The molecule has 2 atom stereocenters. The number of aromatic nitrogens is 1. The van der Waals surface area contributed by atoms with Crippen LogP contribution in [0.1, 0.15) is 24.2 Å². The van der Waals surface area contributed by atoms with Crippen LogP contribution in [0.5, 0.6) is 0 Å². The number of rotatable bonds is 3. The van der Waals surface area contributed by atoms with Crippen LogP contribution in [0.15, 0.2) is 70.6 Å². The summed E-state index contributed by atoms with van der Waals surface area (Å²) < 4.78 is 36.2. The molecule has 0 radical (unpaired) electrons. The Morgan fingerprint density at radius 2 is 1.68 bits per heavy atom. The normalized spacial score (nSPS) is 20.3. The fraction of sp³-hybridized carbons (Fsp3) is 0.280. The van der Waals surface area contributed by atoms with Crippen molar-refractivity contribution < 1.29 is 17.9 Å². The van der Waals surface area contributed by atoms with E-state index in [4.69, 9.17) is 4.74 Å². The van der Waals surface area contributed by atoms with Crippen molar-refractivity contribution in [3.63, 3.8) is 0 Å². The molecule has 5 rings (SSSR count). The standard InChI is InChI=1S/C25H25N3O4S2/c1-16-14-28(15-17(2)32-16)34(30,31)20-11-8-19(9-12-20)24(29)26-25-27(3)23-21-7-5-4-6-18(21)10-13-22(23)33-25/h4-13,16-17H,14-15H2,1-3H3/t16-,17-/m1/s1. The first-order valence-electron chi connectivity index (χ1n) is 11.1. The zero-order valence-corrected chi connectivity index (χ0v) is 20.8. The predicted molar refractivity (Wildman–Crippen MR) is 133 cm³/mol. The summed E-state index contributed by atoms with van der Waals surface area (Å²) in [4.78, 5) is 18.0. The van der Waals surface area contributed by atoms with Gasteiger partial charge in [-0.15, -0.1) is 0 Å². The number of hydrogen-bond donors (Lipinski definition) is 0. The molecule has 34 heavy (non-hydrogen) atoms. The van der Waals surface area contributed by atoms with Crippen LogP contribution >= 0.6 is 11.3 Å². The summed E-state index contributed by atoms with van der Waals surface area (Å²) in [6, 6.07) is 18.2. The number of morpholine rings is 1. The summed E-state index contributed by atoms with van der Waals surface area (Å²) in [5, 5.41) is 2.23. The third-order valence-corrected chi connectivity index (χ3v) is 8.95. The first-order valence-corrected chi connectivity index (χ1v) is 13.3. The molecule has 1 saturated heterocycles. The molecular formula is C25H25N3O4S2. The molecular weight excluding hydrogens is 470 g/mol. The van der Waals surface area contributed by atoms with Crippen LogP contribution in [0.3, 0.4) is 0 Å². The largest absolute Gasteiger partial charge is 0.373 e. The Morgan fingerprint density at radius 1 is 1.00 bits per heavy atom. The third kappa shape index (κ3) is 4.09. The molecule has 0 spiro atoms. The molecule has 2 heterocycles. The highest BCUT2D eigenvalue weighted by Gasteiger charge is 2.32. The quantitative estimate of drug-likeness (QED) is 0.431. The molecule has 7 nitrogen and oxygen atoms in total. The van der Waals surface area contributed by atoms with Crippen LogP contribution < -0.4 is 4.80 Å². The van der Waals surface area contributed by atoms with Crippen molar-refractivity contribution >= 4 is 48.3 Å². The van der Waals surface area contributed by atoms with Crippen LogP contribution in [0, 0.1) is 0 Å². The van der Waals surface area contributed by atoms with Crippen molar-refractivity contribution in [2.24, 2.45) is 12.0 Å². The van der Waals surface area contributed by atoms with Gasteiger partial charge in [0.15, 0.2) is 4.80 Å². The number of nitrogens with zero attached hydrogens (tertiary/aromatic N) is 3. The van der Waals surface area contributed by atoms with Gasteiger partial charge in [0, 0.05) is 31.1 Å². The number of ether oxygens (including phenoxy) is 1. The van der Waals surface area contributed by atoms with Crippen molar-refractivity contribution in [2.45, 2.75) is 31.0 Å². The molecule has 1 aliphatic heterocycles. The number of amides is 1. The summed E-state index contributed by atoms with van der Waals surface area (Å²) in [7, 11) is -1.76. The fourth-order valence-electron chi connectivity index (χ4n) is 4.42. The Morgan fingerprint density at radius 3 is 2.38 bits per heavy atom. The molecule has 0 saturated carbocycles.